The van der Waals surface area contributed by atoms with Crippen molar-refractivity contribution in [2.24, 2.45) is 0 Å². The molecule has 29 heavy (non-hydrogen) atoms. The summed E-state index contributed by atoms with van der Waals surface area (Å²) in [7, 11) is 3.94. The Hall–Kier alpha value is -3.44. The summed E-state index contributed by atoms with van der Waals surface area (Å²) >= 11 is 0. The fourth-order valence-corrected chi connectivity index (χ4v) is 3.48. The summed E-state index contributed by atoms with van der Waals surface area (Å²) in [6, 6.07) is 23.7. The zero-order chi connectivity index (χ0) is 20.4. The number of aryl methyl sites for hydroxylation is 1. The lowest BCUT2D eigenvalue weighted by molar-refractivity contribution is 0.401. The molecule has 0 amide bonds. The molecule has 0 fully saturated rings. The van der Waals surface area contributed by atoms with Gasteiger partial charge in [-0.1, -0.05) is 36.4 Å². The zero-order valence-corrected chi connectivity index (χ0v) is 16.9. The molecule has 0 aliphatic rings. The third-order valence-corrected chi connectivity index (χ3v) is 4.78. The summed E-state index contributed by atoms with van der Waals surface area (Å²) in [6.07, 6.45) is 0. The maximum atomic E-state index is 13.4. The van der Waals surface area contributed by atoms with Crippen molar-refractivity contribution in [1.82, 2.24) is 14.5 Å². The van der Waals surface area contributed by atoms with E-state index in [4.69, 9.17) is 4.98 Å². The fourth-order valence-electron chi connectivity index (χ4n) is 3.48. The van der Waals surface area contributed by atoms with Crippen LogP contribution in [-0.4, -0.2) is 28.5 Å². The van der Waals surface area contributed by atoms with Crippen LogP contribution in [0.2, 0.25) is 0 Å². The van der Waals surface area contributed by atoms with Gasteiger partial charge in [0.15, 0.2) is 5.43 Å². The Morgan fingerprint density at radius 3 is 2.24 bits per heavy atom. The summed E-state index contributed by atoms with van der Waals surface area (Å²) in [5.74, 6) is 0.742. The van der Waals surface area contributed by atoms with Crippen LogP contribution >= 0.6 is 0 Å². The molecule has 0 radical (unpaired) electrons. The topological polar surface area (TPSA) is 50.2 Å². The molecular weight excluding hydrogens is 360 g/mol. The van der Waals surface area contributed by atoms with Gasteiger partial charge in [0.1, 0.15) is 11.5 Å². The predicted molar refractivity (Wildman–Crippen MR) is 119 cm³/mol. The first-order chi connectivity index (χ1) is 14.0. The second-order valence-corrected chi connectivity index (χ2v) is 7.38. The highest BCUT2D eigenvalue weighted by molar-refractivity contribution is 5.83. The molecule has 2 aromatic carbocycles. The smallest absolute Gasteiger partial charge is 0.197 e. The number of aromatic nitrogens is 2. The largest absolute Gasteiger partial charge is 0.341 e. The third-order valence-electron chi connectivity index (χ3n) is 4.78. The minimum absolute atomic E-state index is 0.00631. The molecular formula is C24H24N4O. The number of anilines is 2. The van der Waals surface area contributed by atoms with Crippen LogP contribution < -0.4 is 10.7 Å². The summed E-state index contributed by atoms with van der Waals surface area (Å²) < 4.78 is 2.05. The van der Waals surface area contributed by atoms with E-state index in [0.29, 0.717) is 23.1 Å². The van der Waals surface area contributed by atoms with Crippen LogP contribution in [0.15, 0.2) is 77.6 Å². The van der Waals surface area contributed by atoms with E-state index in [1.165, 1.54) is 0 Å². The van der Waals surface area contributed by atoms with Crippen molar-refractivity contribution < 1.29 is 0 Å². The van der Waals surface area contributed by atoms with Gasteiger partial charge in [0.25, 0.3) is 0 Å². The molecule has 1 N–H and O–H groups in total. The number of benzene rings is 2. The molecule has 0 bridgehead atoms. The standard InChI is InChI=1S/C24H24N4O/c1-17-14-15-20-22(29)21(16-27(2)3)24(26-18-10-6-4-7-11-18)28(23(20)25-17)19-12-8-5-9-13-19/h4-15,26H,16H2,1-3H3. The molecule has 146 valence electrons. The normalized spacial score (nSPS) is 11.2. The molecule has 4 aromatic rings. The Bertz CT molecular complexity index is 1200. The molecule has 0 aliphatic carbocycles. The quantitative estimate of drug-likeness (QED) is 0.550. The number of para-hydroxylation sites is 2. The van der Waals surface area contributed by atoms with E-state index >= 15 is 0 Å². The van der Waals surface area contributed by atoms with Gasteiger partial charge in [-0.2, -0.15) is 0 Å². The highest BCUT2D eigenvalue weighted by Crippen LogP contribution is 2.28. The van der Waals surface area contributed by atoms with E-state index in [9.17, 15) is 4.79 Å². The van der Waals surface area contributed by atoms with Gasteiger partial charge < -0.3 is 10.2 Å². The first-order valence-corrected chi connectivity index (χ1v) is 9.62. The van der Waals surface area contributed by atoms with Crippen LogP contribution in [0.1, 0.15) is 11.3 Å². The van der Waals surface area contributed by atoms with Crippen molar-refractivity contribution in [3.8, 4) is 5.69 Å². The number of pyridine rings is 2. The highest BCUT2D eigenvalue weighted by atomic mass is 16.1. The van der Waals surface area contributed by atoms with Crippen molar-refractivity contribution in [1.29, 1.82) is 0 Å². The highest BCUT2D eigenvalue weighted by Gasteiger charge is 2.20. The van der Waals surface area contributed by atoms with Gasteiger partial charge in [0.2, 0.25) is 0 Å². The number of hydrogen-bond donors (Lipinski definition) is 1. The van der Waals surface area contributed by atoms with Crippen molar-refractivity contribution >= 4 is 22.5 Å². The lowest BCUT2D eigenvalue weighted by atomic mass is 10.1. The predicted octanol–water partition coefficient (Wildman–Crippen LogP) is 4.50. The van der Waals surface area contributed by atoms with Crippen LogP contribution in [0.25, 0.3) is 16.7 Å². The zero-order valence-electron chi connectivity index (χ0n) is 16.9. The number of hydrogen-bond acceptors (Lipinski definition) is 4. The molecule has 0 aliphatic heterocycles. The Morgan fingerprint density at radius 2 is 1.59 bits per heavy atom. The Labute approximate surface area is 170 Å². The van der Waals surface area contributed by atoms with Gasteiger partial charge in [0.05, 0.1) is 10.9 Å². The van der Waals surface area contributed by atoms with E-state index < -0.39 is 0 Å². The lowest BCUT2D eigenvalue weighted by Gasteiger charge is -2.23. The Kier molecular flexibility index (Phi) is 5.14. The van der Waals surface area contributed by atoms with Gasteiger partial charge in [-0.3, -0.25) is 9.36 Å². The van der Waals surface area contributed by atoms with Crippen LogP contribution in [0, 0.1) is 6.92 Å². The summed E-state index contributed by atoms with van der Waals surface area (Å²) in [5, 5.41) is 4.11. The molecule has 0 saturated heterocycles. The molecule has 0 saturated carbocycles. The van der Waals surface area contributed by atoms with Gasteiger partial charge in [-0.05, 0) is 57.4 Å². The maximum Gasteiger partial charge on any atom is 0.197 e. The van der Waals surface area contributed by atoms with E-state index in [2.05, 4.69) is 9.88 Å². The number of rotatable bonds is 5. The van der Waals surface area contributed by atoms with Gasteiger partial charge in [-0.15, -0.1) is 0 Å². The van der Waals surface area contributed by atoms with Crippen molar-refractivity contribution in [3.05, 3.63) is 94.3 Å². The van der Waals surface area contributed by atoms with Crippen LogP contribution in [0.5, 0.6) is 0 Å². The summed E-state index contributed by atoms with van der Waals surface area (Å²) in [6.45, 7) is 2.46. The van der Waals surface area contributed by atoms with Crippen molar-refractivity contribution in [2.75, 3.05) is 19.4 Å². The van der Waals surface area contributed by atoms with Gasteiger partial charge in [-0.25, -0.2) is 4.98 Å². The second kappa shape index (κ2) is 7.89. The molecule has 0 unspecified atom stereocenters. The average Bonchev–Trinajstić information content (AvgIpc) is 2.72. The first-order valence-electron chi connectivity index (χ1n) is 9.62. The third kappa shape index (κ3) is 3.77. The second-order valence-electron chi connectivity index (χ2n) is 7.38. The molecule has 2 aromatic heterocycles. The van der Waals surface area contributed by atoms with Gasteiger partial charge >= 0.3 is 0 Å². The average molecular weight is 384 g/mol. The molecule has 2 heterocycles. The number of fused-ring (bicyclic) bond motifs is 1. The Morgan fingerprint density at radius 1 is 0.931 bits per heavy atom. The van der Waals surface area contributed by atoms with Crippen LogP contribution in [-0.2, 0) is 6.54 Å². The van der Waals surface area contributed by atoms with Crippen LogP contribution in [0.3, 0.4) is 0 Å². The molecule has 0 atom stereocenters. The van der Waals surface area contributed by atoms with E-state index in [-0.39, 0.29) is 5.43 Å². The minimum atomic E-state index is 0.00631. The molecule has 4 rings (SSSR count). The van der Waals surface area contributed by atoms with Gasteiger partial charge in [0, 0.05) is 23.6 Å². The summed E-state index contributed by atoms with van der Waals surface area (Å²) in [5.41, 5.74) is 4.11. The minimum Gasteiger partial charge on any atom is -0.341 e. The number of nitrogens with zero attached hydrogens (tertiary/aromatic N) is 3. The van der Waals surface area contributed by atoms with Crippen LogP contribution in [0.4, 0.5) is 11.5 Å². The molecule has 0 spiro atoms. The SMILES string of the molecule is Cc1ccc2c(=O)c(CN(C)C)c(Nc3ccccc3)n(-c3ccccc3)c2n1. The van der Waals surface area contributed by atoms with Crippen molar-refractivity contribution in [2.45, 2.75) is 13.5 Å². The van der Waals surface area contributed by atoms with E-state index in [0.717, 1.165) is 22.9 Å². The monoisotopic (exact) mass is 384 g/mol. The Balaban J connectivity index is 2.11. The van der Waals surface area contributed by atoms with E-state index in [1.54, 1.807) is 0 Å². The molecule has 5 heteroatoms. The van der Waals surface area contributed by atoms with Crippen molar-refractivity contribution in [3.63, 3.8) is 0 Å². The summed E-state index contributed by atoms with van der Waals surface area (Å²) in [4.78, 5) is 20.2. The molecule has 5 nitrogen and oxygen atoms in total. The maximum absolute atomic E-state index is 13.4. The lowest BCUT2D eigenvalue weighted by Crippen LogP contribution is -2.24. The number of nitrogens with one attached hydrogen (secondary N) is 1. The fraction of sp³-hybridized carbons (Fsp3) is 0.167. The first kappa shape index (κ1) is 18.9. The van der Waals surface area contributed by atoms with E-state index in [1.807, 2.05) is 98.7 Å².